The minimum atomic E-state index is -0.258. The van der Waals surface area contributed by atoms with Crippen LogP contribution < -0.4 is 4.90 Å². The monoisotopic (exact) mass is 348 g/mol. The van der Waals surface area contributed by atoms with Gasteiger partial charge in [0.25, 0.3) is 11.8 Å². The second-order valence-corrected chi connectivity index (χ2v) is 6.42. The lowest BCUT2D eigenvalue weighted by Gasteiger charge is -2.29. The molecule has 1 fully saturated rings. The molecule has 4 rings (SSSR count). The van der Waals surface area contributed by atoms with Gasteiger partial charge in [0.05, 0.1) is 25.3 Å². The Kier molecular flexibility index (Phi) is 4.54. The lowest BCUT2D eigenvalue weighted by atomic mass is 10.1. The van der Waals surface area contributed by atoms with Gasteiger partial charge in [-0.2, -0.15) is 0 Å². The van der Waals surface area contributed by atoms with Crippen LogP contribution in [0.15, 0.2) is 60.7 Å². The minimum absolute atomic E-state index is 0.238. The van der Waals surface area contributed by atoms with E-state index in [1.54, 1.807) is 0 Å². The van der Waals surface area contributed by atoms with Crippen molar-refractivity contribution in [3.05, 3.63) is 71.8 Å². The Bertz CT molecular complexity index is 837. The summed E-state index contributed by atoms with van der Waals surface area (Å²) in [6.07, 6.45) is 1.43. The molecule has 132 valence electrons. The molecule has 0 saturated carbocycles. The molecule has 1 saturated heterocycles. The Balaban J connectivity index is 1.46. The van der Waals surface area contributed by atoms with Crippen LogP contribution in [0.25, 0.3) is 5.57 Å². The fraction of sp³-hybridized carbons (Fsp3) is 0.238. The largest absolute Gasteiger partial charge is 0.378 e. The molecule has 2 aliphatic rings. The van der Waals surface area contributed by atoms with E-state index in [1.165, 1.54) is 11.0 Å². The first-order valence-electron chi connectivity index (χ1n) is 8.77. The normalized spacial score (nSPS) is 17.6. The van der Waals surface area contributed by atoms with E-state index in [9.17, 15) is 9.59 Å². The number of hydrogen-bond acceptors (Lipinski definition) is 4. The van der Waals surface area contributed by atoms with E-state index in [0.29, 0.717) is 5.57 Å². The highest BCUT2D eigenvalue weighted by Gasteiger charge is 2.31. The minimum Gasteiger partial charge on any atom is -0.378 e. The number of rotatable bonds is 4. The summed E-state index contributed by atoms with van der Waals surface area (Å²) < 4.78 is 5.37. The van der Waals surface area contributed by atoms with Crippen molar-refractivity contribution in [2.45, 2.75) is 6.54 Å². The van der Waals surface area contributed by atoms with E-state index < -0.39 is 0 Å². The zero-order chi connectivity index (χ0) is 17.9. The molecule has 2 aromatic rings. The van der Waals surface area contributed by atoms with Crippen LogP contribution in [-0.4, -0.2) is 43.0 Å². The molecule has 5 nitrogen and oxygen atoms in total. The van der Waals surface area contributed by atoms with Gasteiger partial charge in [0.1, 0.15) is 0 Å². The molecule has 2 amide bonds. The Morgan fingerprint density at radius 1 is 0.885 bits per heavy atom. The van der Waals surface area contributed by atoms with Gasteiger partial charge in [0.15, 0.2) is 0 Å². The van der Waals surface area contributed by atoms with Crippen LogP contribution in [0.1, 0.15) is 11.1 Å². The quantitative estimate of drug-likeness (QED) is 0.797. The van der Waals surface area contributed by atoms with Crippen LogP contribution in [0.3, 0.4) is 0 Å². The molecule has 0 aliphatic carbocycles. The van der Waals surface area contributed by atoms with Gasteiger partial charge in [-0.25, -0.2) is 0 Å². The number of carbonyl (C=O) groups is 2. The van der Waals surface area contributed by atoms with Gasteiger partial charge >= 0.3 is 0 Å². The van der Waals surface area contributed by atoms with Gasteiger partial charge in [0.2, 0.25) is 0 Å². The van der Waals surface area contributed by atoms with Crippen LogP contribution in [0.2, 0.25) is 0 Å². The molecule has 0 atom stereocenters. The third-order valence-corrected chi connectivity index (χ3v) is 4.75. The lowest BCUT2D eigenvalue weighted by molar-refractivity contribution is -0.137. The fourth-order valence-electron chi connectivity index (χ4n) is 3.30. The first-order chi connectivity index (χ1) is 12.7. The maximum absolute atomic E-state index is 12.6. The number of nitrogens with zero attached hydrogens (tertiary/aromatic N) is 2. The third-order valence-electron chi connectivity index (χ3n) is 4.75. The van der Waals surface area contributed by atoms with Crippen molar-refractivity contribution in [2.24, 2.45) is 0 Å². The number of carbonyl (C=O) groups excluding carboxylic acids is 2. The standard InChI is InChI=1S/C21H20N2O3/c24-20-14-19(17-4-2-1-3-5-17)21(25)23(20)15-16-6-8-18(9-7-16)22-10-12-26-13-11-22/h1-9,14H,10-13,15H2. The number of benzene rings is 2. The number of imide groups is 1. The third kappa shape index (κ3) is 3.26. The summed E-state index contributed by atoms with van der Waals surface area (Å²) in [5.41, 5.74) is 3.31. The van der Waals surface area contributed by atoms with Crippen LogP contribution in [0.4, 0.5) is 5.69 Å². The van der Waals surface area contributed by atoms with Crippen molar-refractivity contribution in [1.29, 1.82) is 0 Å². The average Bonchev–Trinajstić information content (AvgIpc) is 2.98. The molecule has 2 heterocycles. The molecule has 2 aliphatic heterocycles. The van der Waals surface area contributed by atoms with E-state index in [2.05, 4.69) is 4.90 Å². The number of hydrogen-bond donors (Lipinski definition) is 0. The predicted octanol–water partition coefficient (Wildman–Crippen LogP) is 2.48. The molecule has 2 aromatic carbocycles. The maximum atomic E-state index is 12.6. The van der Waals surface area contributed by atoms with Gasteiger partial charge in [-0.1, -0.05) is 42.5 Å². The van der Waals surface area contributed by atoms with E-state index in [-0.39, 0.29) is 18.4 Å². The summed E-state index contributed by atoms with van der Waals surface area (Å²) in [6.45, 7) is 3.53. The highest BCUT2D eigenvalue weighted by atomic mass is 16.5. The molecule has 0 bridgehead atoms. The molecule has 0 unspecified atom stereocenters. The second kappa shape index (κ2) is 7.14. The Hall–Kier alpha value is -2.92. The fourth-order valence-corrected chi connectivity index (χ4v) is 3.30. The highest BCUT2D eigenvalue weighted by molar-refractivity contribution is 6.33. The van der Waals surface area contributed by atoms with Crippen molar-refractivity contribution in [1.82, 2.24) is 4.90 Å². The molecule has 0 N–H and O–H groups in total. The Morgan fingerprint density at radius 2 is 1.58 bits per heavy atom. The maximum Gasteiger partial charge on any atom is 0.261 e. The van der Waals surface area contributed by atoms with Crippen LogP contribution in [0, 0.1) is 0 Å². The first-order valence-corrected chi connectivity index (χ1v) is 8.77. The molecule has 5 heteroatoms. The van der Waals surface area contributed by atoms with Crippen molar-refractivity contribution in [3.8, 4) is 0 Å². The zero-order valence-electron chi connectivity index (χ0n) is 14.4. The van der Waals surface area contributed by atoms with E-state index in [1.807, 2.05) is 54.6 Å². The molecular weight excluding hydrogens is 328 g/mol. The van der Waals surface area contributed by atoms with E-state index in [4.69, 9.17) is 4.74 Å². The topological polar surface area (TPSA) is 49.9 Å². The Labute approximate surface area is 152 Å². The van der Waals surface area contributed by atoms with Crippen molar-refractivity contribution < 1.29 is 14.3 Å². The summed E-state index contributed by atoms with van der Waals surface area (Å²) in [6, 6.07) is 17.3. The van der Waals surface area contributed by atoms with Crippen LogP contribution >= 0.6 is 0 Å². The molecule has 0 radical (unpaired) electrons. The zero-order valence-corrected chi connectivity index (χ0v) is 14.4. The molecule has 0 aromatic heterocycles. The highest BCUT2D eigenvalue weighted by Crippen LogP contribution is 2.25. The predicted molar refractivity (Wildman–Crippen MR) is 99.5 cm³/mol. The van der Waals surface area contributed by atoms with Crippen molar-refractivity contribution in [3.63, 3.8) is 0 Å². The number of anilines is 1. The van der Waals surface area contributed by atoms with Gasteiger partial charge in [-0.15, -0.1) is 0 Å². The van der Waals surface area contributed by atoms with Gasteiger partial charge in [-0.05, 0) is 23.3 Å². The number of ether oxygens (including phenoxy) is 1. The Morgan fingerprint density at radius 3 is 2.27 bits per heavy atom. The van der Waals surface area contributed by atoms with Crippen LogP contribution in [-0.2, 0) is 20.9 Å². The summed E-state index contributed by atoms with van der Waals surface area (Å²) in [7, 11) is 0. The van der Waals surface area contributed by atoms with Gasteiger partial charge in [-0.3, -0.25) is 14.5 Å². The summed E-state index contributed by atoms with van der Waals surface area (Å²) in [4.78, 5) is 28.5. The van der Waals surface area contributed by atoms with Crippen molar-refractivity contribution >= 4 is 23.1 Å². The molecule has 26 heavy (non-hydrogen) atoms. The number of amides is 2. The molecular formula is C21H20N2O3. The van der Waals surface area contributed by atoms with Crippen LogP contribution in [0.5, 0.6) is 0 Å². The second-order valence-electron chi connectivity index (χ2n) is 6.42. The van der Waals surface area contributed by atoms with E-state index in [0.717, 1.165) is 43.1 Å². The van der Waals surface area contributed by atoms with Crippen molar-refractivity contribution in [2.75, 3.05) is 31.2 Å². The lowest BCUT2D eigenvalue weighted by Crippen LogP contribution is -2.36. The average molecular weight is 348 g/mol. The smallest absolute Gasteiger partial charge is 0.261 e. The summed E-state index contributed by atoms with van der Waals surface area (Å²) in [5, 5.41) is 0. The van der Waals surface area contributed by atoms with E-state index >= 15 is 0 Å². The van der Waals surface area contributed by atoms with Gasteiger partial charge in [0, 0.05) is 24.9 Å². The summed E-state index contributed by atoms with van der Waals surface area (Å²) in [5.74, 6) is -0.496. The first kappa shape index (κ1) is 16.5. The number of morpholine rings is 1. The SMILES string of the molecule is O=C1C=C(c2ccccc2)C(=O)N1Cc1ccc(N2CCOCC2)cc1. The van der Waals surface area contributed by atoms with Gasteiger partial charge < -0.3 is 9.64 Å². The summed E-state index contributed by atoms with van der Waals surface area (Å²) >= 11 is 0. The molecule has 0 spiro atoms.